The van der Waals surface area contributed by atoms with E-state index in [-0.39, 0.29) is 23.8 Å². The van der Waals surface area contributed by atoms with Gasteiger partial charge in [0, 0.05) is 17.5 Å². The van der Waals surface area contributed by atoms with Crippen LogP contribution in [0.3, 0.4) is 0 Å². The molecule has 0 unspecified atom stereocenters. The Hall–Kier alpha value is -3.13. The summed E-state index contributed by atoms with van der Waals surface area (Å²) in [6, 6.07) is 7.38. The third kappa shape index (κ3) is 4.20. The second-order valence-corrected chi connectivity index (χ2v) is 9.17. The fourth-order valence-electron chi connectivity index (χ4n) is 2.95. The van der Waals surface area contributed by atoms with Crippen molar-refractivity contribution in [3.05, 3.63) is 63.3 Å². The highest BCUT2D eigenvalue weighted by Crippen LogP contribution is 2.33. The van der Waals surface area contributed by atoms with Crippen molar-refractivity contribution in [3.63, 3.8) is 0 Å². The molecule has 1 amide bonds. The smallest absolute Gasteiger partial charge is 0.263 e. The maximum atomic E-state index is 13.3. The summed E-state index contributed by atoms with van der Waals surface area (Å²) < 4.78 is 7.20. The molecule has 0 aliphatic carbocycles. The van der Waals surface area contributed by atoms with Gasteiger partial charge in [0.1, 0.15) is 27.4 Å². The van der Waals surface area contributed by atoms with E-state index in [1.165, 1.54) is 39.0 Å². The number of aromatic nitrogens is 2. The Morgan fingerprint density at radius 1 is 1.42 bits per heavy atom. The van der Waals surface area contributed by atoms with E-state index in [1.807, 2.05) is 30.5 Å². The number of carbonyl (C=O) groups is 1. The molecule has 4 aromatic rings. The van der Waals surface area contributed by atoms with Gasteiger partial charge in [-0.3, -0.25) is 14.2 Å². The van der Waals surface area contributed by atoms with Gasteiger partial charge in [-0.15, -0.1) is 29.3 Å². The summed E-state index contributed by atoms with van der Waals surface area (Å²) in [6.07, 6.45) is 1.62. The van der Waals surface area contributed by atoms with Gasteiger partial charge in [-0.1, -0.05) is 17.8 Å². The molecule has 10 heteroatoms. The minimum Gasteiger partial charge on any atom is -0.461 e. The molecule has 0 aliphatic rings. The third-order valence-corrected chi connectivity index (χ3v) is 7.03. The predicted octanol–water partition coefficient (Wildman–Crippen LogP) is 4.88. The van der Waals surface area contributed by atoms with Gasteiger partial charge < -0.3 is 9.73 Å². The number of nitriles is 1. The lowest BCUT2D eigenvalue weighted by molar-refractivity contribution is -0.113. The van der Waals surface area contributed by atoms with Crippen molar-refractivity contribution >= 4 is 55.6 Å². The lowest BCUT2D eigenvalue weighted by atomic mass is 10.2. The number of thioether (sulfide) groups is 1. The number of rotatable bonds is 7. The first-order chi connectivity index (χ1) is 15.0. The van der Waals surface area contributed by atoms with Crippen LogP contribution in [0.25, 0.3) is 21.5 Å². The molecular weight excluding hydrogens is 452 g/mol. The van der Waals surface area contributed by atoms with Crippen molar-refractivity contribution in [3.8, 4) is 17.4 Å². The average Bonchev–Trinajstić information content (AvgIpc) is 3.48. The molecule has 0 spiro atoms. The van der Waals surface area contributed by atoms with Crippen LogP contribution in [0.1, 0.15) is 11.3 Å². The minimum absolute atomic E-state index is 0.0491. The Balaban J connectivity index is 1.64. The fraction of sp³-hybridized carbons (Fsp3) is 0.143. The van der Waals surface area contributed by atoms with Crippen LogP contribution in [0.15, 0.2) is 56.0 Å². The Kier molecular flexibility index (Phi) is 6.08. The highest BCUT2D eigenvalue weighted by Gasteiger charge is 2.19. The first-order valence-corrected chi connectivity index (χ1v) is 11.9. The molecule has 0 bridgehead atoms. The zero-order valence-electron chi connectivity index (χ0n) is 16.4. The van der Waals surface area contributed by atoms with Crippen molar-refractivity contribution in [1.29, 1.82) is 5.26 Å². The van der Waals surface area contributed by atoms with Gasteiger partial charge in [-0.2, -0.15) is 5.26 Å². The van der Waals surface area contributed by atoms with E-state index < -0.39 is 0 Å². The summed E-state index contributed by atoms with van der Waals surface area (Å²) >= 11 is 3.81. The van der Waals surface area contributed by atoms with E-state index >= 15 is 0 Å². The van der Waals surface area contributed by atoms with E-state index in [2.05, 4.69) is 16.9 Å². The Bertz CT molecular complexity index is 1390. The molecule has 7 nitrogen and oxygen atoms in total. The second-order valence-electron chi connectivity index (χ2n) is 6.45. The number of hydrogen-bond donors (Lipinski definition) is 1. The summed E-state index contributed by atoms with van der Waals surface area (Å²) in [5.74, 6) is 1.16. The molecule has 156 valence electrons. The molecule has 0 radical (unpaired) electrons. The number of carbonyl (C=O) groups excluding carboxylic acids is 1. The number of allylic oxidation sites excluding steroid dienone is 1. The van der Waals surface area contributed by atoms with Crippen LogP contribution in [0, 0.1) is 18.3 Å². The van der Waals surface area contributed by atoms with Crippen molar-refractivity contribution in [2.24, 2.45) is 0 Å². The lowest BCUT2D eigenvalue weighted by Gasteiger charge is -2.10. The first-order valence-electron chi connectivity index (χ1n) is 9.11. The number of nitrogens with zero attached hydrogens (tertiary/aromatic N) is 3. The Morgan fingerprint density at radius 2 is 2.26 bits per heavy atom. The lowest BCUT2D eigenvalue weighted by Crippen LogP contribution is -2.23. The van der Waals surface area contributed by atoms with Crippen LogP contribution in [0.2, 0.25) is 0 Å². The first kappa shape index (κ1) is 21.1. The third-order valence-electron chi connectivity index (χ3n) is 4.35. The summed E-state index contributed by atoms with van der Waals surface area (Å²) in [5.41, 5.74) is 0.924. The van der Waals surface area contributed by atoms with E-state index in [9.17, 15) is 9.59 Å². The molecule has 4 aromatic heterocycles. The number of amides is 1. The van der Waals surface area contributed by atoms with Crippen molar-refractivity contribution in [2.45, 2.75) is 18.6 Å². The maximum Gasteiger partial charge on any atom is 0.263 e. The van der Waals surface area contributed by atoms with Crippen molar-refractivity contribution < 1.29 is 9.21 Å². The SMILES string of the molecule is C=CCn1c(SCC(=O)Nc2sccc2C#N)nc2scc(-c3ccc(C)o3)c2c1=O. The molecule has 1 N–H and O–H groups in total. The van der Waals surface area contributed by atoms with Crippen LogP contribution in [-0.4, -0.2) is 21.2 Å². The zero-order valence-corrected chi connectivity index (χ0v) is 18.8. The molecular formula is C21H16N4O3S3. The van der Waals surface area contributed by atoms with Gasteiger partial charge >= 0.3 is 0 Å². The molecule has 0 saturated carbocycles. The largest absolute Gasteiger partial charge is 0.461 e. The van der Waals surface area contributed by atoms with Crippen LogP contribution in [0.4, 0.5) is 5.00 Å². The van der Waals surface area contributed by atoms with Crippen molar-refractivity contribution in [1.82, 2.24) is 9.55 Å². The summed E-state index contributed by atoms with van der Waals surface area (Å²) in [5, 5.41) is 16.9. The summed E-state index contributed by atoms with van der Waals surface area (Å²) in [4.78, 5) is 30.9. The molecule has 0 aliphatic heterocycles. The van der Waals surface area contributed by atoms with Crippen LogP contribution in [0.5, 0.6) is 0 Å². The standard InChI is InChI=1S/C21H16N4O3S3/c1-3-7-25-20(27)17-14(15-5-4-12(2)28-15)10-30-19(17)24-21(25)31-11-16(26)23-18-13(9-22)6-8-29-18/h3-6,8,10H,1,7,11H2,2H3,(H,23,26). The van der Waals surface area contributed by atoms with E-state index in [0.29, 0.717) is 37.3 Å². The van der Waals surface area contributed by atoms with Crippen LogP contribution < -0.4 is 10.9 Å². The van der Waals surface area contributed by atoms with Gasteiger partial charge in [0.25, 0.3) is 5.56 Å². The second kappa shape index (κ2) is 8.93. The number of thiophene rings is 2. The molecule has 0 fully saturated rings. The molecule has 4 rings (SSSR count). The maximum absolute atomic E-state index is 13.3. The monoisotopic (exact) mass is 468 g/mol. The molecule has 4 heterocycles. The quantitative estimate of drug-likeness (QED) is 0.236. The van der Waals surface area contributed by atoms with Gasteiger partial charge in [-0.25, -0.2) is 4.98 Å². The van der Waals surface area contributed by atoms with Gasteiger partial charge in [0.2, 0.25) is 5.91 Å². The average molecular weight is 469 g/mol. The molecule has 0 atom stereocenters. The molecule has 0 saturated heterocycles. The Morgan fingerprint density at radius 3 is 2.97 bits per heavy atom. The van der Waals surface area contributed by atoms with Crippen LogP contribution >= 0.6 is 34.4 Å². The van der Waals surface area contributed by atoms with E-state index in [1.54, 1.807) is 17.5 Å². The number of furan rings is 1. The van der Waals surface area contributed by atoms with Gasteiger partial charge in [0.15, 0.2) is 5.16 Å². The fourth-order valence-corrected chi connectivity index (χ4v) is 5.48. The molecule has 31 heavy (non-hydrogen) atoms. The van der Waals surface area contributed by atoms with Crippen molar-refractivity contribution in [2.75, 3.05) is 11.1 Å². The van der Waals surface area contributed by atoms with Crippen LogP contribution in [-0.2, 0) is 11.3 Å². The van der Waals surface area contributed by atoms with E-state index in [0.717, 1.165) is 5.76 Å². The number of aryl methyl sites for hydroxylation is 1. The highest BCUT2D eigenvalue weighted by atomic mass is 32.2. The summed E-state index contributed by atoms with van der Waals surface area (Å²) in [6.45, 7) is 5.85. The topological polar surface area (TPSA) is 101 Å². The minimum atomic E-state index is -0.277. The predicted molar refractivity (Wildman–Crippen MR) is 125 cm³/mol. The van der Waals surface area contributed by atoms with Gasteiger partial charge in [-0.05, 0) is 30.5 Å². The van der Waals surface area contributed by atoms with Gasteiger partial charge in [0.05, 0.1) is 16.7 Å². The normalized spacial score (nSPS) is 10.8. The zero-order chi connectivity index (χ0) is 22.0. The number of hydrogen-bond acceptors (Lipinski definition) is 8. The number of fused-ring (bicyclic) bond motifs is 1. The number of nitrogens with one attached hydrogen (secondary N) is 1. The molecule has 0 aromatic carbocycles. The Labute approximate surface area is 189 Å². The van der Waals surface area contributed by atoms with E-state index in [4.69, 9.17) is 9.68 Å². The summed E-state index contributed by atoms with van der Waals surface area (Å²) in [7, 11) is 0. The number of anilines is 1. The highest BCUT2D eigenvalue weighted by molar-refractivity contribution is 7.99.